The molecular weight excluding hydrogens is 697 g/mol. The highest BCUT2D eigenvalue weighted by Gasteiger charge is 2.40. The molecule has 10 nitrogen and oxygen atoms in total. The van der Waals surface area contributed by atoms with E-state index in [1.54, 1.807) is 12.1 Å². The topological polar surface area (TPSA) is 153 Å². The second-order valence-corrected chi connectivity index (χ2v) is 20.2. The molecule has 1 unspecified atom stereocenters. The van der Waals surface area contributed by atoms with E-state index in [1.807, 2.05) is 78.9 Å². The molecule has 0 aliphatic heterocycles. The van der Waals surface area contributed by atoms with Gasteiger partial charge in [0.05, 0.1) is 17.3 Å². The molecule has 2 atom stereocenters. The summed E-state index contributed by atoms with van der Waals surface area (Å²) in [6.45, 7) is 13.7. The summed E-state index contributed by atoms with van der Waals surface area (Å²) in [7, 11) is -2.21. The van der Waals surface area contributed by atoms with Crippen LogP contribution in [0.4, 0.5) is 16.2 Å². The third-order valence-corrected chi connectivity index (χ3v) is 14.7. The van der Waals surface area contributed by atoms with Gasteiger partial charge in [-0.1, -0.05) is 81.4 Å². The fourth-order valence-electron chi connectivity index (χ4n) is 6.26. The summed E-state index contributed by atoms with van der Waals surface area (Å²) in [6.07, 6.45) is 0.896. The lowest BCUT2D eigenvalue weighted by Crippen LogP contribution is -2.44. The quantitative estimate of drug-likeness (QED) is 0.0584. The second-order valence-electron chi connectivity index (χ2n) is 15.4. The number of benzene rings is 4. The van der Waals surface area contributed by atoms with Crippen molar-refractivity contribution in [3.63, 3.8) is 0 Å². The lowest BCUT2D eigenvalue weighted by Gasteiger charge is -2.40. The summed E-state index contributed by atoms with van der Waals surface area (Å²) in [5.74, 6) is -0.0597. The van der Waals surface area contributed by atoms with Gasteiger partial charge in [-0.15, -0.1) is 0 Å². The van der Waals surface area contributed by atoms with Crippen LogP contribution in [0.15, 0.2) is 102 Å². The molecule has 0 saturated carbocycles. The van der Waals surface area contributed by atoms with Crippen LogP contribution in [0.3, 0.4) is 0 Å². The van der Waals surface area contributed by atoms with Crippen molar-refractivity contribution in [2.75, 3.05) is 17.2 Å². The van der Waals surface area contributed by atoms with Crippen LogP contribution in [-0.2, 0) is 22.1 Å². The molecule has 0 aliphatic carbocycles. The number of phenolic OH excluding ortho intramolecular Hbond substituents is 1. The van der Waals surface area contributed by atoms with E-state index in [1.165, 1.54) is 6.07 Å². The van der Waals surface area contributed by atoms with E-state index in [4.69, 9.17) is 4.43 Å². The van der Waals surface area contributed by atoms with Crippen LogP contribution in [0.1, 0.15) is 63.3 Å². The first-order valence-corrected chi connectivity index (χ1v) is 21.3. The average Bonchev–Trinajstić information content (AvgIpc) is 3.11. The van der Waals surface area contributed by atoms with Gasteiger partial charge in [0, 0.05) is 41.7 Å². The maximum Gasteiger partial charge on any atom is 0.409 e. The summed E-state index contributed by atoms with van der Waals surface area (Å²) in [5.41, 5.74) is 6.07. The number of phenols is 1. The van der Waals surface area contributed by atoms with Gasteiger partial charge in [-0.25, -0.2) is 4.79 Å². The molecule has 0 fully saturated rings. The third-order valence-electron chi connectivity index (χ3n) is 10.2. The Hall–Kier alpha value is -5.23. The molecule has 11 heteroatoms. The monoisotopic (exact) mass is 748 g/mol. The number of aryl methyl sites for hydroxylation is 1. The number of carbonyl (C=O) groups excluding carboxylic acids is 1. The second kappa shape index (κ2) is 17.3. The van der Waals surface area contributed by atoms with E-state index in [0.717, 1.165) is 45.3 Å². The van der Waals surface area contributed by atoms with Gasteiger partial charge in [0.25, 0.3) is 0 Å². The summed E-state index contributed by atoms with van der Waals surface area (Å²) in [5, 5.41) is 29.8. The van der Waals surface area contributed by atoms with Gasteiger partial charge < -0.3 is 30.3 Å². The minimum atomic E-state index is -2.21. The van der Waals surface area contributed by atoms with Crippen LogP contribution in [0.5, 0.6) is 5.75 Å². The van der Waals surface area contributed by atoms with Crippen LogP contribution >= 0.6 is 0 Å². The molecular formula is C43H52N4O6Si. The lowest BCUT2D eigenvalue weighted by atomic mass is 9.99. The molecule has 0 saturated heterocycles. The summed E-state index contributed by atoms with van der Waals surface area (Å²) >= 11 is 0. The highest BCUT2D eigenvalue weighted by Crippen LogP contribution is 2.41. The van der Waals surface area contributed by atoms with E-state index in [2.05, 4.69) is 61.7 Å². The summed E-state index contributed by atoms with van der Waals surface area (Å²) < 4.78 is 6.95. The maximum absolute atomic E-state index is 12.8. The zero-order valence-electron chi connectivity index (χ0n) is 32.0. The largest absolute Gasteiger partial charge is 0.506 e. The van der Waals surface area contributed by atoms with Crippen LogP contribution < -0.4 is 21.5 Å². The molecule has 5 aromatic rings. The van der Waals surface area contributed by atoms with Crippen molar-refractivity contribution >= 4 is 42.6 Å². The first-order valence-electron chi connectivity index (χ1n) is 18.4. The standard InChI is InChI=1S/C43H52N4O6Si/c1-28(44-27-38(53-54(5,6)43(2,3)4)34-21-23-37(48)41-35(34)22-24-40(50)47-41)25-30-15-18-32(19-16-30)45-39(49)14-10-11-29-17-20-33(31-12-8-7-9-13-31)36(26-29)46-42(51)52/h7-9,12-13,15-24,26,28,38,44,46,48H,10-11,14,25,27H2,1-6H3,(H,45,49)(H,47,50)(H,51,52)/t28?,38-/m0/s1. The highest BCUT2D eigenvalue weighted by atomic mass is 28.4. The Kier molecular flexibility index (Phi) is 12.8. The fraction of sp³-hybridized carbons (Fsp3) is 0.326. The van der Waals surface area contributed by atoms with Gasteiger partial charge in [0.1, 0.15) is 5.75 Å². The molecule has 1 aromatic heterocycles. The van der Waals surface area contributed by atoms with E-state index in [9.17, 15) is 24.6 Å². The van der Waals surface area contributed by atoms with Gasteiger partial charge in [0.2, 0.25) is 11.5 Å². The first kappa shape index (κ1) is 40.0. The molecule has 284 valence electrons. The number of carbonyl (C=O) groups is 2. The molecule has 0 bridgehead atoms. The highest BCUT2D eigenvalue weighted by molar-refractivity contribution is 6.74. The number of rotatable bonds is 15. The van der Waals surface area contributed by atoms with Crippen molar-refractivity contribution in [3.05, 3.63) is 124 Å². The number of hydrogen-bond donors (Lipinski definition) is 6. The molecule has 6 N–H and O–H groups in total. The van der Waals surface area contributed by atoms with Gasteiger partial charge in [-0.05, 0) is 96.9 Å². The van der Waals surface area contributed by atoms with Gasteiger partial charge in [0.15, 0.2) is 8.32 Å². The number of aromatic amines is 1. The number of aromatic hydroxyl groups is 1. The normalized spacial score (nSPS) is 13.0. The van der Waals surface area contributed by atoms with Crippen molar-refractivity contribution in [2.45, 2.75) is 83.7 Å². The van der Waals surface area contributed by atoms with Crippen molar-refractivity contribution in [3.8, 4) is 16.9 Å². The number of anilines is 2. The number of carboxylic acid groups (broad SMARTS) is 1. The Balaban J connectivity index is 1.16. The first-order chi connectivity index (χ1) is 25.6. The minimum absolute atomic E-state index is 0.0186. The Morgan fingerprint density at radius 1 is 0.889 bits per heavy atom. The zero-order chi connectivity index (χ0) is 39.0. The molecule has 5 rings (SSSR count). The maximum atomic E-state index is 12.8. The molecule has 0 radical (unpaired) electrons. The minimum Gasteiger partial charge on any atom is -0.506 e. The predicted octanol–water partition coefficient (Wildman–Crippen LogP) is 9.24. The van der Waals surface area contributed by atoms with Crippen LogP contribution in [0.25, 0.3) is 22.0 Å². The predicted molar refractivity (Wildman–Crippen MR) is 220 cm³/mol. The van der Waals surface area contributed by atoms with Crippen LogP contribution in [-0.4, -0.2) is 48.1 Å². The Labute approximate surface area is 318 Å². The smallest absolute Gasteiger partial charge is 0.409 e. The van der Waals surface area contributed by atoms with Crippen molar-refractivity contribution in [1.29, 1.82) is 0 Å². The molecule has 4 aromatic carbocycles. The fourth-order valence-corrected chi connectivity index (χ4v) is 7.53. The number of hydrogen-bond acceptors (Lipinski definition) is 6. The number of pyridine rings is 1. The molecule has 0 spiro atoms. The number of H-pyrrole nitrogens is 1. The lowest BCUT2D eigenvalue weighted by molar-refractivity contribution is -0.116. The summed E-state index contributed by atoms with van der Waals surface area (Å²) in [4.78, 5) is 39.1. The van der Waals surface area contributed by atoms with E-state index in [-0.39, 0.29) is 34.4 Å². The average molecular weight is 749 g/mol. The Morgan fingerprint density at radius 2 is 1.59 bits per heavy atom. The van der Waals surface area contributed by atoms with Crippen molar-refractivity contribution in [2.24, 2.45) is 0 Å². The van der Waals surface area contributed by atoms with Gasteiger partial charge in [-0.2, -0.15) is 0 Å². The number of nitrogens with one attached hydrogen (secondary N) is 4. The Bertz CT molecular complexity index is 2130. The molecule has 0 aliphatic rings. The number of fused-ring (bicyclic) bond motifs is 1. The van der Waals surface area contributed by atoms with Gasteiger partial charge >= 0.3 is 6.09 Å². The zero-order valence-corrected chi connectivity index (χ0v) is 33.0. The van der Waals surface area contributed by atoms with E-state index < -0.39 is 14.4 Å². The molecule has 1 heterocycles. The molecule has 2 amide bonds. The Morgan fingerprint density at radius 3 is 2.28 bits per heavy atom. The van der Waals surface area contributed by atoms with Crippen molar-refractivity contribution in [1.82, 2.24) is 10.3 Å². The molecule has 54 heavy (non-hydrogen) atoms. The number of amides is 2. The van der Waals surface area contributed by atoms with Crippen LogP contribution in [0.2, 0.25) is 18.1 Å². The SMILES string of the molecule is CC(Cc1ccc(NC(=O)CCCc2ccc(-c3ccccc3)c(NC(=O)O)c2)cc1)NC[C@H](O[Si](C)(C)C(C)(C)C)c1ccc(O)c2[nH]c(=O)ccc12. The van der Waals surface area contributed by atoms with E-state index in [0.29, 0.717) is 37.0 Å². The van der Waals surface area contributed by atoms with Crippen LogP contribution in [0, 0.1) is 0 Å². The van der Waals surface area contributed by atoms with Crippen molar-refractivity contribution < 1.29 is 24.2 Å². The van der Waals surface area contributed by atoms with E-state index >= 15 is 0 Å². The number of aromatic nitrogens is 1. The third kappa shape index (κ3) is 10.5. The van der Waals surface area contributed by atoms with Gasteiger partial charge in [-0.3, -0.25) is 14.9 Å². The summed E-state index contributed by atoms with van der Waals surface area (Å²) in [6, 6.07) is 30.0.